The lowest BCUT2D eigenvalue weighted by Crippen LogP contribution is -1.98. The van der Waals surface area contributed by atoms with Crippen LogP contribution in [-0.4, -0.2) is 9.13 Å². The van der Waals surface area contributed by atoms with Gasteiger partial charge in [-0.25, -0.2) is 0 Å². The Bertz CT molecular complexity index is 2370. The molecule has 4 heteroatoms. The Morgan fingerprint density at radius 2 is 0.929 bits per heavy atom. The molecule has 42 heavy (non-hydrogen) atoms. The molecule has 0 aliphatic carbocycles. The monoisotopic (exact) mass is 534 g/mol. The van der Waals surface area contributed by atoms with Gasteiger partial charge < -0.3 is 9.13 Å². The van der Waals surface area contributed by atoms with Gasteiger partial charge in [-0.2, -0.15) is 10.5 Å². The van der Waals surface area contributed by atoms with E-state index in [1.165, 1.54) is 10.8 Å². The first-order chi connectivity index (χ1) is 20.7. The second-order valence-electron chi connectivity index (χ2n) is 10.5. The Kier molecular flexibility index (Phi) is 5.22. The van der Waals surface area contributed by atoms with E-state index in [4.69, 9.17) is 0 Å². The molecular formula is C38H22N4. The summed E-state index contributed by atoms with van der Waals surface area (Å²) in [4.78, 5) is 0. The number of rotatable bonds is 3. The van der Waals surface area contributed by atoms with E-state index < -0.39 is 0 Å². The molecule has 0 radical (unpaired) electrons. The maximum atomic E-state index is 9.80. The van der Waals surface area contributed by atoms with Crippen molar-refractivity contribution in [1.29, 1.82) is 10.5 Å². The zero-order chi connectivity index (χ0) is 28.2. The molecule has 0 saturated heterocycles. The Morgan fingerprint density at radius 3 is 1.55 bits per heavy atom. The number of hydrogen-bond donors (Lipinski definition) is 0. The fraction of sp³-hybridized carbons (Fsp3) is 0. The van der Waals surface area contributed by atoms with Crippen LogP contribution in [0.15, 0.2) is 133 Å². The lowest BCUT2D eigenvalue weighted by atomic mass is 10.0. The zero-order valence-electron chi connectivity index (χ0n) is 22.5. The van der Waals surface area contributed by atoms with Gasteiger partial charge in [-0.15, -0.1) is 0 Å². The normalized spacial score (nSPS) is 11.3. The molecule has 6 aromatic carbocycles. The summed E-state index contributed by atoms with van der Waals surface area (Å²) in [7, 11) is 0. The van der Waals surface area contributed by atoms with Crippen molar-refractivity contribution in [2.45, 2.75) is 0 Å². The van der Waals surface area contributed by atoms with Crippen molar-refractivity contribution >= 4 is 43.6 Å². The van der Waals surface area contributed by atoms with Crippen LogP contribution in [0.1, 0.15) is 11.1 Å². The molecule has 2 aromatic heterocycles. The van der Waals surface area contributed by atoms with Crippen molar-refractivity contribution in [3.63, 3.8) is 0 Å². The van der Waals surface area contributed by atoms with Crippen molar-refractivity contribution < 1.29 is 0 Å². The minimum atomic E-state index is 0.620. The van der Waals surface area contributed by atoms with Crippen LogP contribution in [0.5, 0.6) is 0 Å². The maximum Gasteiger partial charge on any atom is 0.0991 e. The van der Waals surface area contributed by atoms with E-state index in [9.17, 15) is 10.5 Å². The molecule has 0 aliphatic heterocycles. The summed E-state index contributed by atoms with van der Waals surface area (Å²) < 4.78 is 4.55. The van der Waals surface area contributed by atoms with Crippen LogP contribution in [0.2, 0.25) is 0 Å². The van der Waals surface area contributed by atoms with E-state index in [-0.39, 0.29) is 0 Å². The van der Waals surface area contributed by atoms with Gasteiger partial charge in [-0.05, 0) is 72.3 Å². The predicted molar refractivity (Wildman–Crippen MR) is 170 cm³/mol. The lowest BCUT2D eigenvalue weighted by Gasteiger charge is -2.15. The summed E-state index contributed by atoms with van der Waals surface area (Å²) in [5, 5.41) is 23.9. The first kappa shape index (κ1) is 23.8. The maximum absolute atomic E-state index is 9.80. The van der Waals surface area contributed by atoms with Gasteiger partial charge in [0, 0.05) is 32.8 Å². The van der Waals surface area contributed by atoms with E-state index in [1.807, 2.05) is 42.5 Å². The van der Waals surface area contributed by atoms with E-state index in [0.29, 0.717) is 11.1 Å². The molecule has 8 rings (SSSR count). The molecule has 0 bridgehead atoms. The van der Waals surface area contributed by atoms with Crippen LogP contribution in [0, 0.1) is 22.7 Å². The predicted octanol–water partition coefficient (Wildman–Crippen LogP) is 9.29. The van der Waals surface area contributed by atoms with E-state index in [2.05, 4.69) is 112 Å². The molecule has 0 atom stereocenters. The van der Waals surface area contributed by atoms with Crippen molar-refractivity contribution in [2.75, 3.05) is 0 Å². The van der Waals surface area contributed by atoms with Crippen molar-refractivity contribution in [2.24, 2.45) is 0 Å². The Morgan fingerprint density at radius 1 is 0.429 bits per heavy atom. The van der Waals surface area contributed by atoms with Gasteiger partial charge in [0.15, 0.2) is 0 Å². The van der Waals surface area contributed by atoms with Crippen LogP contribution in [0.4, 0.5) is 0 Å². The number of nitrogens with zero attached hydrogens (tertiary/aromatic N) is 4. The minimum absolute atomic E-state index is 0.620. The first-order valence-electron chi connectivity index (χ1n) is 13.8. The van der Waals surface area contributed by atoms with Gasteiger partial charge in [0.05, 0.1) is 51.0 Å². The standard InChI is InChI=1S/C38H22N4/c39-23-25-13-19-37(42-35-11-5-1-7-29(35)30-8-2-6-12-36(30)42)32(21-25)27-15-17-28(18-16-27)41-34-10-4-3-9-31(34)33-22-26(24-40)14-20-38(33)41/h1-22H. The molecule has 0 aliphatic rings. The third-order valence-electron chi connectivity index (χ3n) is 8.18. The molecule has 0 saturated carbocycles. The quantitative estimate of drug-likeness (QED) is 0.227. The summed E-state index contributed by atoms with van der Waals surface area (Å²) in [6, 6.07) is 50.2. The van der Waals surface area contributed by atoms with E-state index in [1.54, 1.807) is 0 Å². The van der Waals surface area contributed by atoms with Crippen LogP contribution in [0.3, 0.4) is 0 Å². The second-order valence-corrected chi connectivity index (χ2v) is 10.5. The van der Waals surface area contributed by atoms with Crippen LogP contribution in [0.25, 0.3) is 66.1 Å². The van der Waals surface area contributed by atoms with Crippen molar-refractivity contribution in [3.05, 3.63) is 145 Å². The number of para-hydroxylation sites is 3. The summed E-state index contributed by atoms with van der Waals surface area (Å²) in [6.45, 7) is 0. The smallest absolute Gasteiger partial charge is 0.0991 e. The summed E-state index contributed by atoms with van der Waals surface area (Å²) >= 11 is 0. The van der Waals surface area contributed by atoms with Gasteiger partial charge in [0.25, 0.3) is 0 Å². The topological polar surface area (TPSA) is 57.4 Å². The summed E-state index contributed by atoms with van der Waals surface area (Å²) in [5.41, 5.74) is 9.75. The third kappa shape index (κ3) is 3.47. The molecule has 0 spiro atoms. The fourth-order valence-electron chi connectivity index (χ4n) is 6.32. The van der Waals surface area contributed by atoms with Gasteiger partial charge >= 0.3 is 0 Å². The Hall–Kier alpha value is -6.10. The molecule has 194 valence electrons. The van der Waals surface area contributed by atoms with Crippen molar-refractivity contribution in [3.8, 4) is 34.6 Å². The highest BCUT2D eigenvalue weighted by Crippen LogP contribution is 2.38. The van der Waals surface area contributed by atoms with Gasteiger partial charge in [-0.1, -0.05) is 66.7 Å². The molecule has 0 amide bonds. The highest BCUT2D eigenvalue weighted by Gasteiger charge is 2.17. The average Bonchev–Trinajstić information content (AvgIpc) is 3.57. The SMILES string of the molecule is N#Cc1ccc(-n2c3ccccc3c3ccccc32)c(-c2ccc(-n3c4ccccc4c4cc(C#N)ccc43)cc2)c1. The number of benzene rings is 6. The summed E-state index contributed by atoms with van der Waals surface area (Å²) in [5.74, 6) is 0. The van der Waals surface area contributed by atoms with Crippen molar-refractivity contribution in [1.82, 2.24) is 9.13 Å². The van der Waals surface area contributed by atoms with Gasteiger partial charge in [0.2, 0.25) is 0 Å². The summed E-state index contributed by atoms with van der Waals surface area (Å²) in [6.07, 6.45) is 0. The number of aromatic nitrogens is 2. The van der Waals surface area contributed by atoms with Gasteiger partial charge in [0.1, 0.15) is 0 Å². The largest absolute Gasteiger partial charge is 0.309 e. The second kappa shape index (κ2) is 9.24. The Labute approximate surface area is 242 Å². The van der Waals surface area contributed by atoms with Gasteiger partial charge in [-0.3, -0.25) is 0 Å². The van der Waals surface area contributed by atoms with E-state index in [0.717, 1.165) is 55.3 Å². The van der Waals surface area contributed by atoms with E-state index >= 15 is 0 Å². The first-order valence-corrected chi connectivity index (χ1v) is 13.8. The number of nitriles is 2. The lowest BCUT2D eigenvalue weighted by molar-refractivity contribution is 1.17. The third-order valence-corrected chi connectivity index (χ3v) is 8.18. The van der Waals surface area contributed by atoms with Crippen LogP contribution >= 0.6 is 0 Å². The van der Waals surface area contributed by atoms with Crippen LogP contribution < -0.4 is 0 Å². The highest BCUT2D eigenvalue weighted by atomic mass is 15.0. The fourth-order valence-corrected chi connectivity index (χ4v) is 6.32. The molecular weight excluding hydrogens is 512 g/mol. The zero-order valence-corrected chi connectivity index (χ0v) is 22.5. The minimum Gasteiger partial charge on any atom is -0.309 e. The number of fused-ring (bicyclic) bond motifs is 6. The Balaban J connectivity index is 1.34. The molecule has 0 fully saturated rings. The van der Waals surface area contributed by atoms with Crippen LogP contribution in [-0.2, 0) is 0 Å². The average molecular weight is 535 g/mol. The molecule has 0 N–H and O–H groups in total. The number of hydrogen-bond acceptors (Lipinski definition) is 2. The molecule has 4 nitrogen and oxygen atoms in total. The molecule has 8 aromatic rings. The molecule has 2 heterocycles. The highest BCUT2D eigenvalue weighted by molar-refractivity contribution is 6.10. The molecule has 0 unspecified atom stereocenters.